The number of phenolic OH excluding ortho intramolecular Hbond substituents is 1. The van der Waals surface area contributed by atoms with Gasteiger partial charge in [-0.15, -0.1) is 29.1 Å². The summed E-state index contributed by atoms with van der Waals surface area (Å²) in [6.45, 7) is -1.89. The fraction of sp³-hybridized carbons (Fsp3) is 0.114. The zero-order chi connectivity index (χ0) is 58.3. The van der Waals surface area contributed by atoms with E-state index in [0.29, 0.717) is 6.07 Å². The summed E-state index contributed by atoms with van der Waals surface area (Å²) in [6.07, 6.45) is 0. The van der Waals surface area contributed by atoms with E-state index in [-0.39, 0.29) is 62.5 Å². The van der Waals surface area contributed by atoms with Crippen molar-refractivity contribution >= 4 is 159 Å². The number of fused-ring (bicyclic) bond motifs is 1. The third-order valence-electron chi connectivity index (χ3n) is 9.45. The molecule has 0 aliphatic carbocycles. The van der Waals surface area contributed by atoms with Gasteiger partial charge < -0.3 is 21.5 Å². The number of sulfone groups is 2. The second-order valence-corrected chi connectivity index (χ2v) is 25.6. The summed E-state index contributed by atoms with van der Waals surface area (Å²) in [4.78, 5) is 8.47. The number of benzene rings is 5. The number of hydrogen-bond donors (Lipinski definition) is 10. The number of aromatic nitrogens is 3. The van der Waals surface area contributed by atoms with Gasteiger partial charge in [-0.05, 0) is 89.8 Å². The number of anilines is 5. The molecule has 6 aromatic rings. The van der Waals surface area contributed by atoms with Crippen LogP contribution in [0.25, 0.3) is 10.8 Å². The predicted molar refractivity (Wildman–Crippen MR) is 269 cm³/mol. The number of halogens is 1. The predicted octanol–water partition coefficient (Wildman–Crippen LogP) is 5.82. The van der Waals surface area contributed by atoms with E-state index in [0.717, 1.165) is 54.6 Å². The van der Waals surface area contributed by atoms with Gasteiger partial charge in [0.05, 0.1) is 79.5 Å². The molecule has 0 aliphatic heterocycles. The standard InChI is InChI=1S/C35H31ClN10O25S8/c36-33-40-34(38-18-1-4-20(5-2-18)74(50,51)11-9-66-78(60,61)62)42-35(41-33)39-19-3-8-26(76(54,55)56)23(15-19)44-45-30-25(73-71-69-49)13-17-14-27(77(57,58)59)31(29(37)28(17)32(30)47)46-43-22-7-6-21(16-24(22)72-70-68-48)75(52,53)12-10-67-79(63,64)65/h1-8,13-16,47-49H,9-12,37H2,(H,54,55,56)(H,57,58,59)(H,60,61,62)(H,63,64,65)(H2,38,39,40,41,42). The monoisotopic (exact) mass is 1280 g/mol. The van der Waals surface area contributed by atoms with Gasteiger partial charge >= 0.3 is 20.8 Å². The van der Waals surface area contributed by atoms with Gasteiger partial charge in [0.2, 0.25) is 17.2 Å². The van der Waals surface area contributed by atoms with Crippen LogP contribution in [-0.2, 0) is 87.8 Å². The zero-order valence-corrected chi connectivity index (χ0v) is 45.4. The van der Waals surface area contributed by atoms with E-state index < -0.39 is 150 Å². The number of hydrogen-bond acceptors (Lipinski definition) is 33. The molecule has 79 heavy (non-hydrogen) atoms. The van der Waals surface area contributed by atoms with Gasteiger partial charge in [0, 0.05) is 11.4 Å². The Hall–Kier alpha value is -6.02. The quantitative estimate of drug-likeness (QED) is 0.00763. The molecule has 44 heteroatoms. The van der Waals surface area contributed by atoms with Crippen LogP contribution in [-0.4, -0.2) is 124 Å². The Kier molecular flexibility index (Phi) is 19.8. The molecule has 6 rings (SSSR count). The maximum Gasteiger partial charge on any atom is 0.397 e. The van der Waals surface area contributed by atoms with Crippen LogP contribution >= 0.6 is 35.7 Å². The molecule has 0 saturated heterocycles. The van der Waals surface area contributed by atoms with Crippen LogP contribution in [0, 0.1) is 0 Å². The first kappa shape index (κ1) is 62.2. The molecule has 1 heterocycles. The number of nitrogen functional groups attached to an aromatic ring is 1. The number of rotatable bonds is 26. The molecule has 0 spiro atoms. The number of aromatic hydroxyl groups is 1. The molecule has 0 aliphatic rings. The van der Waals surface area contributed by atoms with Gasteiger partial charge in [-0.2, -0.15) is 48.6 Å². The molecule has 0 saturated carbocycles. The van der Waals surface area contributed by atoms with Gasteiger partial charge in [0.25, 0.3) is 20.2 Å². The van der Waals surface area contributed by atoms with Crippen LogP contribution in [0.15, 0.2) is 123 Å². The zero-order valence-electron chi connectivity index (χ0n) is 38.1. The Morgan fingerprint density at radius 3 is 1.63 bits per heavy atom. The Labute approximate surface area is 457 Å². The van der Waals surface area contributed by atoms with Crippen LogP contribution in [0.3, 0.4) is 0 Å². The van der Waals surface area contributed by atoms with E-state index in [1.54, 1.807) is 0 Å². The maximum atomic E-state index is 12.9. The smallest absolute Gasteiger partial charge is 0.397 e. The summed E-state index contributed by atoms with van der Waals surface area (Å²) in [6, 6.07) is 12.1. The van der Waals surface area contributed by atoms with Crippen molar-refractivity contribution in [2.24, 2.45) is 20.5 Å². The molecule has 0 radical (unpaired) electrons. The molecule has 0 amide bonds. The van der Waals surface area contributed by atoms with Crippen molar-refractivity contribution in [2.45, 2.75) is 29.4 Å². The van der Waals surface area contributed by atoms with Crippen molar-refractivity contribution in [1.82, 2.24) is 15.0 Å². The van der Waals surface area contributed by atoms with Crippen LogP contribution in [0.5, 0.6) is 5.75 Å². The van der Waals surface area contributed by atoms with E-state index in [1.165, 1.54) is 12.1 Å². The first-order chi connectivity index (χ1) is 36.8. The molecular weight excluding hydrogens is 1250 g/mol. The third kappa shape index (κ3) is 17.0. The molecule has 0 unspecified atom stereocenters. The third-order valence-corrected chi connectivity index (χ3v) is 16.9. The molecular formula is C35H31ClN10O25S8. The lowest BCUT2D eigenvalue weighted by Crippen LogP contribution is -2.15. The van der Waals surface area contributed by atoms with Crippen LogP contribution in [0.4, 0.5) is 51.7 Å². The Morgan fingerprint density at radius 2 is 1.08 bits per heavy atom. The van der Waals surface area contributed by atoms with Crippen molar-refractivity contribution in [3.8, 4) is 5.75 Å². The molecule has 0 atom stereocenters. The maximum absolute atomic E-state index is 12.9. The lowest BCUT2D eigenvalue weighted by atomic mass is 10.1. The summed E-state index contributed by atoms with van der Waals surface area (Å²) in [5.74, 6) is -3.39. The van der Waals surface area contributed by atoms with Crippen LogP contribution in [0.2, 0.25) is 5.28 Å². The number of nitrogens with one attached hydrogen (secondary N) is 2. The normalized spacial score (nSPS) is 12.9. The van der Waals surface area contributed by atoms with E-state index >= 15 is 0 Å². The van der Waals surface area contributed by atoms with Crippen molar-refractivity contribution in [3.63, 3.8) is 0 Å². The van der Waals surface area contributed by atoms with Gasteiger partial charge in [0.1, 0.15) is 32.5 Å². The second-order valence-electron chi connectivity index (χ2n) is 14.6. The Bertz CT molecular complexity index is 4090. The Balaban J connectivity index is 1.37. The summed E-state index contributed by atoms with van der Waals surface area (Å²) in [5.41, 5.74) is 2.99. The largest absolute Gasteiger partial charge is 0.505 e. The minimum Gasteiger partial charge on any atom is -0.505 e. The molecule has 0 fully saturated rings. The van der Waals surface area contributed by atoms with Crippen molar-refractivity contribution in [2.75, 3.05) is 41.1 Å². The lowest BCUT2D eigenvalue weighted by molar-refractivity contribution is -0.432. The first-order valence-corrected chi connectivity index (χ1v) is 30.8. The minimum atomic E-state index is -5.34. The molecule has 1 aromatic heterocycles. The first-order valence-electron chi connectivity index (χ1n) is 20.0. The molecule has 0 bridgehead atoms. The fourth-order valence-electron chi connectivity index (χ4n) is 6.21. The highest BCUT2D eigenvalue weighted by Crippen LogP contribution is 2.50. The summed E-state index contributed by atoms with van der Waals surface area (Å²) in [7, 11) is -28.9. The van der Waals surface area contributed by atoms with Crippen molar-refractivity contribution in [3.05, 3.63) is 78.1 Å². The highest BCUT2D eigenvalue weighted by Gasteiger charge is 2.27. The van der Waals surface area contributed by atoms with Gasteiger partial charge in [-0.25, -0.2) is 35.7 Å². The molecule has 35 nitrogen and oxygen atoms in total. The molecule has 11 N–H and O–H groups in total. The van der Waals surface area contributed by atoms with Gasteiger partial charge in [-0.3, -0.25) is 18.2 Å². The summed E-state index contributed by atoms with van der Waals surface area (Å²) >= 11 is 6.34. The van der Waals surface area contributed by atoms with E-state index in [1.807, 2.05) is 0 Å². The fourth-order valence-corrected chi connectivity index (χ4v) is 11.7. The van der Waals surface area contributed by atoms with E-state index in [4.69, 9.17) is 37.0 Å². The van der Waals surface area contributed by atoms with E-state index in [2.05, 4.69) is 73.2 Å². The van der Waals surface area contributed by atoms with Crippen LogP contribution in [0.1, 0.15) is 0 Å². The SMILES string of the molecule is Nc1c(N=Nc2ccc(S(=O)(=O)CCOS(=O)(=O)O)cc2SOOO)c(S(=O)(=O)O)cc2cc(SOOO)c(N=Nc3cc(Nc4nc(Cl)nc(Nc5ccc(S(=O)(=O)CCOS(=O)(=O)O)cc5)n4)ccc3S(=O)(=O)O)c(O)c12. The average Bonchev–Trinajstić information content (AvgIpc) is 3.44. The molecule has 426 valence electrons. The summed E-state index contributed by atoms with van der Waals surface area (Å²) < 4.78 is 200. The number of azo groups is 2. The van der Waals surface area contributed by atoms with Gasteiger partial charge in [0.15, 0.2) is 25.4 Å². The van der Waals surface area contributed by atoms with Gasteiger partial charge in [-0.1, -0.05) is 10.1 Å². The topological polar surface area (TPSA) is 540 Å². The van der Waals surface area contributed by atoms with Crippen molar-refractivity contribution in [1.29, 1.82) is 0 Å². The van der Waals surface area contributed by atoms with Crippen LogP contribution < -0.4 is 16.4 Å². The molecule has 5 aromatic carbocycles. The van der Waals surface area contributed by atoms with E-state index in [9.17, 15) is 64.7 Å². The lowest BCUT2D eigenvalue weighted by Gasteiger charge is -2.14. The highest BCUT2D eigenvalue weighted by atomic mass is 35.5. The second kappa shape index (κ2) is 25.2. The number of nitrogens with zero attached hydrogens (tertiary/aromatic N) is 7. The number of nitrogens with two attached hydrogens (primary N) is 1. The minimum absolute atomic E-state index is 0.0908. The summed E-state index contributed by atoms with van der Waals surface area (Å²) in [5, 5.41) is 56.3. The average molecular weight is 1280 g/mol. The highest BCUT2D eigenvalue weighted by molar-refractivity contribution is 7.95. The van der Waals surface area contributed by atoms with Crippen molar-refractivity contribution < 1.29 is 111 Å². The number of phenols is 1. The Morgan fingerprint density at radius 1 is 0.570 bits per heavy atom.